The summed E-state index contributed by atoms with van der Waals surface area (Å²) >= 11 is 0. The monoisotopic (exact) mass is 257 g/mol. The predicted octanol–water partition coefficient (Wildman–Crippen LogP) is 1.60. The molecule has 1 N–H and O–H groups in total. The van der Waals surface area contributed by atoms with E-state index in [1.165, 1.54) is 19.3 Å². The van der Waals surface area contributed by atoms with E-state index in [4.69, 9.17) is 0 Å². The fourth-order valence-electron chi connectivity index (χ4n) is 2.75. The van der Waals surface area contributed by atoms with E-state index in [9.17, 15) is 0 Å². The summed E-state index contributed by atoms with van der Waals surface area (Å²) in [5.41, 5.74) is 1.59. The van der Waals surface area contributed by atoms with E-state index in [0.29, 0.717) is 6.04 Å². The minimum absolute atomic E-state index is 0.528. The standard InChI is InChI=1S/C14H19N5/c1-15-10-11-4-2-3-9-19(11)13-6-5-12-14(18-13)17-8-7-16-12/h5-8,11,15H,2-4,9-10H2,1H3. The van der Waals surface area contributed by atoms with Gasteiger partial charge in [-0.2, -0.15) is 0 Å². The Bertz CT molecular complexity index is 554. The lowest BCUT2D eigenvalue weighted by molar-refractivity contribution is 0.444. The summed E-state index contributed by atoms with van der Waals surface area (Å²) in [7, 11) is 2.01. The molecule has 0 bridgehead atoms. The van der Waals surface area contributed by atoms with Crippen molar-refractivity contribution >= 4 is 17.0 Å². The molecule has 1 fully saturated rings. The van der Waals surface area contributed by atoms with Crippen molar-refractivity contribution in [2.75, 3.05) is 25.0 Å². The second-order valence-corrected chi connectivity index (χ2v) is 4.97. The summed E-state index contributed by atoms with van der Waals surface area (Å²) in [5, 5.41) is 3.28. The molecule has 19 heavy (non-hydrogen) atoms. The molecule has 100 valence electrons. The molecule has 1 aliphatic rings. The molecular formula is C14H19N5. The molecule has 1 aliphatic heterocycles. The van der Waals surface area contributed by atoms with E-state index in [1.54, 1.807) is 12.4 Å². The van der Waals surface area contributed by atoms with E-state index >= 15 is 0 Å². The molecule has 3 heterocycles. The molecule has 0 spiro atoms. The largest absolute Gasteiger partial charge is 0.352 e. The number of nitrogens with one attached hydrogen (secondary N) is 1. The second-order valence-electron chi connectivity index (χ2n) is 4.97. The Morgan fingerprint density at radius 3 is 3.05 bits per heavy atom. The number of nitrogens with zero attached hydrogens (tertiary/aromatic N) is 4. The first kappa shape index (κ1) is 12.3. The lowest BCUT2D eigenvalue weighted by atomic mass is 10.0. The summed E-state index contributed by atoms with van der Waals surface area (Å²) in [6.45, 7) is 2.07. The van der Waals surface area contributed by atoms with Crippen LogP contribution in [0.2, 0.25) is 0 Å². The average Bonchev–Trinajstić information content (AvgIpc) is 2.48. The molecule has 5 heteroatoms. The zero-order valence-corrected chi connectivity index (χ0v) is 11.2. The number of piperidine rings is 1. The maximum atomic E-state index is 4.66. The van der Waals surface area contributed by atoms with Gasteiger partial charge in [0.05, 0.1) is 0 Å². The van der Waals surface area contributed by atoms with Crippen LogP contribution in [0.25, 0.3) is 11.2 Å². The molecule has 2 aromatic heterocycles. The molecule has 0 saturated carbocycles. The van der Waals surface area contributed by atoms with Gasteiger partial charge in [-0.25, -0.2) is 9.97 Å². The van der Waals surface area contributed by atoms with Crippen molar-refractivity contribution < 1.29 is 0 Å². The van der Waals surface area contributed by atoms with Crippen LogP contribution in [0.5, 0.6) is 0 Å². The van der Waals surface area contributed by atoms with Crippen LogP contribution < -0.4 is 10.2 Å². The number of rotatable bonds is 3. The SMILES string of the molecule is CNCC1CCCCN1c1ccc2nccnc2n1. The van der Waals surface area contributed by atoms with E-state index in [1.807, 2.05) is 13.1 Å². The maximum absolute atomic E-state index is 4.66. The molecule has 0 radical (unpaired) electrons. The molecule has 5 nitrogen and oxygen atoms in total. The third-order valence-corrected chi connectivity index (χ3v) is 3.68. The number of anilines is 1. The molecule has 1 unspecified atom stereocenters. The van der Waals surface area contributed by atoms with Crippen molar-refractivity contribution in [2.24, 2.45) is 0 Å². The van der Waals surface area contributed by atoms with Crippen LogP contribution in [-0.2, 0) is 0 Å². The molecule has 2 aromatic rings. The fraction of sp³-hybridized carbons (Fsp3) is 0.500. The molecular weight excluding hydrogens is 238 g/mol. The minimum atomic E-state index is 0.528. The van der Waals surface area contributed by atoms with E-state index in [-0.39, 0.29) is 0 Å². The van der Waals surface area contributed by atoms with Gasteiger partial charge in [0.15, 0.2) is 5.65 Å². The highest BCUT2D eigenvalue weighted by Crippen LogP contribution is 2.23. The highest BCUT2D eigenvalue weighted by Gasteiger charge is 2.23. The van der Waals surface area contributed by atoms with E-state index < -0.39 is 0 Å². The van der Waals surface area contributed by atoms with Crippen LogP contribution >= 0.6 is 0 Å². The normalized spacial score (nSPS) is 19.8. The Morgan fingerprint density at radius 1 is 1.26 bits per heavy atom. The Kier molecular flexibility index (Phi) is 3.55. The molecule has 1 saturated heterocycles. The van der Waals surface area contributed by atoms with Crippen LogP contribution in [0.4, 0.5) is 5.82 Å². The number of fused-ring (bicyclic) bond motifs is 1. The van der Waals surface area contributed by atoms with Gasteiger partial charge in [-0.05, 0) is 38.4 Å². The van der Waals surface area contributed by atoms with Gasteiger partial charge >= 0.3 is 0 Å². The van der Waals surface area contributed by atoms with Gasteiger partial charge < -0.3 is 10.2 Å². The van der Waals surface area contributed by atoms with E-state index in [0.717, 1.165) is 30.1 Å². The number of likely N-dealkylation sites (N-methyl/N-ethyl adjacent to an activating group) is 1. The number of hydrogen-bond acceptors (Lipinski definition) is 5. The average molecular weight is 257 g/mol. The van der Waals surface area contributed by atoms with Crippen molar-refractivity contribution in [1.82, 2.24) is 20.3 Å². The van der Waals surface area contributed by atoms with Crippen LogP contribution in [0.1, 0.15) is 19.3 Å². The van der Waals surface area contributed by atoms with Crippen molar-refractivity contribution in [3.63, 3.8) is 0 Å². The first-order valence-corrected chi connectivity index (χ1v) is 6.87. The van der Waals surface area contributed by atoms with Crippen LogP contribution in [0, 0.1) is 0 Å². The Morgan fingerprint density at radius 2 is 2.16 bits per heavy atom. The second kappa shape index (κ2) is 5.48. The van der Waals surface area contributed by atoms with Gasteiger partial charge in [-0.1, -0.05) is 0 Å². The predicted molar refractivity (Wildman–Crippen MR) is 76.2 cm³/mol. The number of pyridine rings is 1. The minimum Gasteiger partial charge on any atom is -0.352 e. The van der Waals surface area contributed by atoms with Crippen LogP contribution in [0.3, 0.4) is 0 Å². The summed E-state index contributed by atoms with van der Waals surface area (Å²) in [6, 6.07) is 4.60. The van der Waals surface area contributed by atoms with Gasteiger partial charge in [0.25, 0.3) is 0 Å². The molecule has 1 atom stereocenters. The van der Waals surface area contributed by atoms with Crippen molar-refractivity contribution in [3.8, 4) is 0 Å². The van der Waals surface area contributed by atoms with Gasteiger partial charge in [0.1, 0.15) is 11.3 Å². The Hall–Kier alpha value is -1.75. The van der Waals surface area contributed by atoms with Crippen LogP contribution in [-0.4, -0.2) is 41.1 Å². The number of hydrogen-bond donors (Lipinski definition) is 1. The van der Waals surface area contributed by atoms with Gasteiger partial charge in [0.2, 0.25) is 0 Å². The summed E-state index contributed by atoms with van der Waals surface area (Å²) in [4.78, 5) is 15.6. The van der Waals surface area contributed by atoms with Crippen molar-refractivity contribution in [1.29, 1.82) is 0 Å². The van der Waals surface area contributed by atoms with Crippen molar-refractivity contribution in [2.45, 2.75) is 25.3 Å². The van der Waals surface area contributed by atoms with Crippen molar-refractivity contribution in [3.05, 3.63) is 24.5 Å². The zero-order chi connectivity index (χ0) is 13.1. The quantitative estimate of drug-likeness (QED) is 0.905. The van der Waals surface area contributed by atoms with Gasteiger partial charge in [-0.3, -0.25) is 4.98 Å². The molecule has 0 amide bonds. The topological polar surface area (TPSA) is 53.9 Å². The lowest BCUT2D eigenvalue weighted by Gasteiger charge is -2.36. The Labute approximate surface area is 113 Å². The highest BCUT2D eigenvalue weighted by molar-refractivity contribution is 5.71. The van der Waals surface area contributed by atoms with Crippen LogP contribution in [0.15, 0.2) is 24.5 Å². The van der Waals surface area contributed by atoms with E-state index in [2.05, 4.69) is 31.2 Å². The lowest BCUT2D eigenvalue weighted by Crippen LogP contribution is -2.45. The zero-order valence-electron chi connectivity index (χ0n) is 11.2. The summed E-state index contributed by atoms with van der Waals surface area (Å²) in [5.74, 6) is 1.02. The van der Waals surface area contributed by atoms with Gasteiger partial charge in [0, 0.05) is 31.5 Å². The number of aromatic nitrogens is 3. The maximum Gasteiger partial charge on any atom is 0.180 e. The van der Waals surface area contributed by atoms with Gasteiger partial charge in [-0.15, -0.1) is 0 Å². The first-order chi connectivity index (χ1) is 9.38. The highest BCUT2D eigenvalue weighted by atomic mass is 15.2. The third-order valence-electron chi connectivity index (χ3n) is 3.68. The smallest absolute Gasteiger partial charge is 0.180 e. The Balaban J connectivity index is 1.92. The fourth-order valence-corrected chi connectivity index (χ4v) is 2.75. The molecule has 3 rings (SSSR count). The molecule has 0 aromatic carbocycles. The molecule has 0 aliphatic carbocycles. The summed E-state index contributed by atoms with van der Waals surface area (Å²) in [6.07, 6.45) is 7.16. The third kappa shape index (κ3) is 2.51. The first-order valence-electron chi connectivity index (χ1n) is 6.87. The summed E-state index contributed by atoms with van der Waals surface area (Å²) < 4.78 is 0.